The number of nitrogens with one attached hydrogen (secondary N) is 1. The van der Waals surface area contributed by atoms with Crippen LogP contribution >= 0.6 is 24.0 Å². The van der Waals surface area contributed by atoms with Gasteiger partial charge in [0.25, 0.3) is 0 Å². The molecule has 1 rings (SSSR count). The van der Waals surface area contributed by atoms with Crippen molar-refractivity contribution in [3.05, 3.63) is 42.5 Å². The summed E-state index contributed by atoms with van der Waals surface area (Å²) in [4.78, 5) is 6.40. The van der Waals surface area contributed by atoms with Crippen molar-refractivity contribution >= 4 is 29.9 Å². The number of guanidine groups is 1. The maximum atomic E-state index is 5.76. The molecule has 0 heterocycles. The van der Waals surface area contributed by atoms with E-state index in [2.05, 4.69) is 34.8 Å². The van der Waals surface area contributed by atoms with E-state index in [1.807, 2.05) is 31.3 Å². The molecule has 0 atom stereocenters. The van der Waals surface area contributed by atoms with Crippen LogP contribution in [-0.4, -0.2) is 44.7 Å². The molecule has 0 saturated heterocycles. The molecule has 22 heavy (non-hydrogen) atoms. The molecular weight excluding hydrogens is 389 g/mol. The van der Waals surface area contributed by atoms with Gasteiger partial charge in [0.2, 0.25) is 0 Å². The van der Waals surface area contributed by atoms with Crippen LogP contribution in [0.3, 0.4) is 0 Å². The smallest absolute Gasteiger partial charge is 0.193 e. The summed E-state index contributed by atoms with van der Waals surface area (Å²) in [6.45, 7) is 8.10. The topological polar surface area (TPSA) is 36.9 Å². The number of benzene rings is 1. The molecule has 0 aliphatic heterocycles. The van der Waals surface area contributed by atoms with Gasteiger partial charge in [0, 0.05) is 20.6 Å². The van der Waals surface area contributed by atoms with E-state index in [1.165, 1.54) is 0 Å². The predicted octanol–water partition coefficient (Wildman–Crippen LogP) is 3.47. The first-order valence-electron chi connectivity index (χ1n) is 7.40. The number of allylic oxidation sites excluding steroid dienone is 1. The second-order valence-electron chi connectivity index (χ2n) is 4.94. The maximum absolute atomic E-state index is 5.76. The zero-order valence-electron chi connectivity index (χ0n) is 13.8. The van der Waals surface area contributed by atoms with Crippen LogP contribution < -0.4 is 10.1 Å². The molecule has 1 aromatic carbocycles. The minimum Gasteiger partial charge on any atom is -0.491 e. The highest BCUT2D eigenvalue weighted by Gasteiger charge is 2.04. The quantitative estimate of drug-likeness (QED) is 0.231. The van der Waals surface area contributed by atoms with Gasteiger partial charge in [-0.2, -0.15) is 0 Å². The number of halogens is 1. The van der Waals surface area contributed by atoms with E-state index >= 15 is 0 Å². The van der Waals surface area contributed by atoms with Crippen molar-refractivity contribution in [1.82, 2.24) is 10.2 Å². The third-order valence-corrected chi connectivity index (χ3v) is 3.21. The van der Waals surface area contributed by atoms with Gasteiger partial charge in [-0.05, 0) is 31.4 Å². The number of para-hydroxylation sites is 1. The van der Waals surface area contributed by atoms with Gasteiger partial charge in [-0.15, -0.1) is 30.6 Å². The largest absolute Gasteiger partial charge is 0.491 e. The minimum absolute atomic E-state index is 0. The van der Waals surface area contributed by atoms with E-state index in [0.717, 1.165) is 43.2 Å². The molecule has 5 heteroatoms. The van der Waals surface area contributed by atoms with Crippen LogP contribution in [-0.2, 0) is 0 Å². The first kappa shape index (κ1) is 20.8. The molecule has 0 radical (unpaired) electrons. The second kappa shape index (κ2) is 12.3. The monoisotopic (exact) mass is 417 g/mol. The number of ether oxygens (including phenoxy) is 1. The fraction of sp³-hybridized carbons (Fsp3) is 0.471. The Balaban J connectivity index is 0.00000441. The van der Waals surface area contributed by atoms with Crippen molar-refractivity contribution in [3.8, 4) is 5.75 Å². The van der Waals surface area contributed by atoms with E-state index < -0.39 is 0 Å². The fourth-order valence-electron chi connectivity index (χ4n) is 2.01. The van der Waals surface area contributed by atoms with Gasteiger partial charge < -0.3 is 15.0 Å². The van der Waals surface area contributed by atoms with E-state index in [1.54, 1.807) is 7.05 Å². The summed E-state index contributed by atoms with van der Waals surface area (Å²) < 4.78 is 5.76. The van der Waals surface area contributed by atoms with Crippen LogP contribution in [0.5, 0.6) is 5.75 Å². The third kappa shape index (κ3) is 7.68. The first-order chi connectivity index (χ1) is 10.2. The van der Waals surface area contributed by atoms with Gasteiger partial charge in [-0.1, -0.05) is 24.3 Å². The van der Waals surface area contributed by atoms with E-state index in [0.29, 0.717) is 6.61 Å². The van der Waals surface area contributed by atoms with Crippen molar-refractivity contribution in [3.63, 3.8) is 0 Å². The molecule has 0 aliphatic rings. The maximum Gasteiger partial charge on any atom is 0.193 e. The fourth-order valence-corrected chi connectivity index (χ4v) is 2.01. The highest BCUT2D eigenvalue weighted by atomic mass is 127. The molecule has 4 nitrogen and oxygen atoms in total. The van der Waals surface area contributed by atoms with Gasteiger partial charge in [0.05, 0.1) is 6.54 Å². The lowest BCUT2D eigenvalue weighted by Crippen LogP contribution is -2.41. The Labute approximate surface area is 151 Å². The van der Waals surface area contributed by atoms with Crippen LogP contribution in [0, 0.1) is 6.92 Å². The van der Waals surface area contributed by atoms with Gasteiger partial charge in [0.1, 0.15) is 12.4 Å². The standard InChI is InChI=1S/C17H27N3O.HI/c1-5-6-9-13-20(4)17(18-3)19-12-14-21-16-11-8-7-10-15(16)2;/h5,7-8,10-11H,1,6,9,12-14H2,2-4H3,(H,18,19);1H. The molecule has 0 fully saturated rings. The number of rotatable bonds is 8. The zero-order valence-corrected chi connectivity index (χ0v) is 16.2. The van der Waals surface area contributed by atoms with Gasteiger partial charge in [-0.3, -0.25) is 4.99 Å². The lowest BCUT2D eigenvalue weighted by atomic mass is 10.2. The molecule has 0 saturated carbocycles. The van der Waals surface area contributed by atoms with E-state index in [-0.39, 0.29) is 24.0 Å². The SMILES string of the molecule is C=CCCCN(C)C(=NC)NCCOc1ccccc1C.I. The summed E-state index contributed by atoms with van der Waals surface area (Å²) in [5, 5.41) is 3.31. The summed E-state index contributed by atoms with van der Waals surface area (Å²) in [5.41, 5.74) is 1.16. The summed E-state index contributed by atoms with van der Waals surface area (Å²) in [7, 11) is 3.84. The molecule has 0 amide bonds. The molecule has 0 spiro atoms. The van der Waals surface area contributed by atoms with Crippen molar-refractivity contribution in [2.45, 2.75) is 19.8 Å². The lowest BCUT2D eigenvalue weighted by Gasteiger charge is -2.22. The zero-order chi connectivity index (χ0) is 15.5. The lowest BCUT2D eigenvalue weighted by molar-refractivity contribution is 0.317. The Bertz CT molecular complexity index is 463. The molecule has 0 bridgehead atoms. The Hall–Kier alpha value is -1.24. The van der Waals surface area contributed by atoms with E-state index in [4.69, 9.17) is 4.74 Å². The van der Waals surface area contributed by atoms with Crippen LogP contribution in [0.4, 0.5) is 0 Å². The summed E-state index contributed by atoms with van der Waals surface area (Å²) >= 11 is 0. The van der Waals surface area contributed by atoms with Gasteiger partial charge in [-0.25, -0.2) is 0 Å². The number of unbranched alkanes of at least 4 members (excludes halogenated alkanes) is 1. The Kier molecular flexibility index (Phi) is 11.6. The molecule has 124 valence electrons. The van der Waals surface area contributed by atoms with Crippen molar-refractivity contribution in [1.29, 1.82) is 0 Å². The average molecular weight is 417 g/mol. The molecular formula is C17H28IN3O. The summed E-state index contributed by atoms with van der Waals surface area (Å²) in [6, 6.07) is 8.04. The number of aliphatic imine (C=N–C) groups is 1. The predicted molar refractivity (Wildman–Crippen MR) is 106 cm³/mol. The van der Waals surface area contributed by atoms with E-state index in [9.17, 15) is 0 Å². The summed E-state index contributed by atoms with van der Waals surface area (Å²) in [5.74, 6) is 1.83. The number of hydrogen-bond acceptors (Lipinski definition) is 2. The molecule has 1 aromatic rings. The Morgan fingerprint density at radius 1 is 1.41 bits per heavy atom. The van der Waals surface area contributed by atoms with Crippen LogP contribution in [0.15, 0.2) is 41.9 Å². The van der Waals surface area contributed by atoms with Crippen LogP contribution in [0.25, 0.3) is 0 Å². The molecule has 0 aliphatic carbocycles. The van der Waals surface area contributed by atoms with Crippen molar-refractivity contribution < 1.29 is 4.74 Å². The summed E-state index contributed by atoms with van der Waals surface area (Å²) in [6.07, 6.45) is 4.05. The minimum atomic E-state index is 0. The Morgan fingerprint density at radius 2 is 2.14 bits per heavy atom. The number of hydrogen-bond donors (Lipinski definition) is 1. The normalized spacial score (nSPS) is 10.6. The van der Waals surface area contributed by atoms with Crippen molar-refractivity contribution in [2.75, 3.05) is 33.8 Å². The van der Waals surface area contributed by atoms with Crippen LogP contribution in [0.1, 0.15) is 18.4 Å². The Morgan fingerprint density at radius 3 is 2.77 bits per heavy atom. The molecule has 0 aromatic heterocycles. The first-order valence-corrected chi connectivity index (χ1v) is 7.40. The number of aryl methyl sites for hydroxylation is 1. The number of nitrogens with zero attached hydrogens (tertiary/aromatic N) is 2. The van der Waals surface area contributed by atoms with Gasteiger partial charge >= 0.3 is 0 Å². The van der Waals surface area contributed by atoms with Crippen molar-refractivity contribution in [2.24, 2.45) is 4.99 Å². The third-order valence-electron chi connectivity index (χ3n) is 3.21. The molecule has 1 N–H and O–H groups in total. The highest BCUT2D eigenvalue weighted by molar-refractivity contribution is 14.0. The second-order valence-corrected chi connectivity index (χ2v) is 4.94. The average Bonchev–Trinajstić information content (AvgIpc) is 2.49. The highest BCUT2D eigenvalue weighted by Crippen LogP contribution is 2.15. The molecule has 0 unspecified atom stereocenters. The van der Waals surface area contributed by atoms with Gasteiger partial charge in [0.15, 0.2) is 5.96 Å². The van der Waals surface area contributed by atoms with Crippen LogP contribution in [0.2, 0.25) is 0 Å².